The second kappa shape index (κ2) is 24.0. The first kappa shape index (κ1) is 39.2. The summed E-state index contributed by atoms with van der Waals surface area (Å²) in [6.07, 6.45) is 0. The summed E-state index contributed by atoms with van der Waals surface area (Å²) in [5, 5.41) is 7.92. The average Bonchev–Trinajstić information content (AvgIpc) is 2.49. The number of nitrogens with one attached hydrogen (secondary N) is 5. The molecule has 0 heterocycles. The topological polar surface area (TPSA) is 491 Å². The molecule has 25 nitrogen and oxygen atoms in total. The van der Waals surface area contributed by atoms with Crippen LogP contribution >= 0.6 is 0 Å². The van der Waals surface area contributed by atoms with Crippen molar-refractivity contribution >= 4 is 60.3 Å². The van der Waals surface area contributed by atoms with Gasteiger partial charge in [0.2, 0.25) is 0 Å². The van der Waals surface area contributed by atoms with E-state index in [1.165, 1.54) is 0 Å². The third-order valence-corrected chi connectivity index (χ3v) is 1.23. The molecule has 25 heteroatoms. The number of amides is 20. The highest BCUT2D eigenvalue weighted by Crippen LogP contribution is 1.54. The van der Waals surface area contributed by atoms with E-state index in [1.807, 2.05) is 0 Å². The summed E-state index contributed by atoms with van der Waals surface area (Å²) < 4.78 is 0. The second-order valence-electron chi connectivity index (χ2n) is 4.27. The van der Waals surface area contributed by atoms with Gasteiger partial charge in [0.1, 0.15) is 0 Å². The molecule has 0 aliphatic rings. The molecule has 0 bridgehead atoms. The summed E-state index contributed by atoms with van der Waals surface area (Å²) in [6.45, 7) is 0. The summed E-state index contributed by atoms with van der Waals surface area (Å²) in [7, 11) is 0. The Hall–Kier alpha value is -6.30. The maximum atomic E-state index is 9.62. The number of carbonyl (C=O) groups excluding carboxylic acids is 10. The maximum Gasteiger partial charge on any atom is 0.320 e. The zero-order chi connectivity index (χ0) is 29.3. The van der Waals surface area contributed by atoms with Crippen molar-refractivity contribution in [3.05, 3.63) is 0 Å². The van der Waals surface area contributed by atoms with E-state index in [1.54, 1.807) is 26.6 Å². The second-order valence-corrected chi connectivity index (χ2v) is 4.27. The van der Waals surface area contributed by atoms with Crippen LogP contribution in [0, 0.1) is 0 Å². The number of rotatable bonds is 0. The van der Waals surface area contributed by atoms with Crippen molar-refractivity contribution in [3.63, 3.8) is 0 Å². The van der Waals surface area contributed by atoms with Crippen LogP contribution < -0.4 is 83.9 Å². The Kier molecular flexibility index (Phi) is 26.9. The first-order valence-corrected chi connectivity index (χ1v) is 7.43. The molecule has 35 heavy (non-hydrogen) atoms. The fourth-order valence-corrected chi connectivity index (χ4v) is 0.607. The average molecular weight is 515 g/mol. The molecule has 25 N–H and O–H groups in total. The zero-order valence-electron chi connectivity index (χ0n) is 17.4. The number of urea groups is 10. The molecule has 0 saturated carbocycles. The van der Waals surface area contributed by atoms with Gasteiger partial charge in [0.15, 0.2) is 0 Å². The van der Waals surface area contributed by atoms with E-state index >= 15 is 0 Å². The summed E-state index contributed by atoms with van der Waals surface area (Å²) >= 11 is 0. The summed E-state index contributed by atoms with van der Waals surface area (Å²) in [4.78, 5) is 96.2. The summed E-state index contributed by atoms with van der Waals surface area (Å²) in [5.41, 5.74) is 44.4. The quantitative estimate of drug-likeness (QED) is 0.144. The Morgan fingerprint density at radius 2 is 0.286 bits per heavy atom. The van der Waals surface area contributed by atoms with Crippen LogP contribution in [-0.4, -0.2) is 60.3 Å². The molecule has 0 saturated heterocycles. The minimum absolute atomic E-state index is 0.937. The van der Waals surface area contributed by atoms with Gasteiger partial charge in [-0.3, -0.25) is 26.6 Å². The van der Waals surface area contributed by atoms with Gasteiger partial charge in [0.05, 0.1) is 0 Å². The largest absolute Gasteiger partial charge is 0.351 e. The molecule has 0 spiro atoms. The lowest BCUT2D eigenvalue weighted by molar-refractivity contribution is 0.235. The fourth-order valence-electron chi connectivity index (χ4n) is 0.607. The van der Waals surface area contributed by atoms with Gasteiger partial charge in [0, 0.05) is 0 Å². The van der Waals surface area contributed by atoms with Crippen LogP contribution in [0.15, 0.2) is 0 Å². The van der Waals surface area contributed by atoms with Gasteiger partial charge >= 0.3 is 60.3 Å². The Morgan fingerprint density at radius 1 is 0.229 bits per heavy atom. The van der Waals surface area contributed by atoms with E-state index in [2.05, 4.69) is 57.3 Å². The van der Waals surface area contributed by atoms with E-state index < -0.39 is 60.3 Å². The van der Waals surface area contributed by atoms with Crippen LogP contribution in [-0.2, 0) is 0 Å². The maximum absolute atomic E-state index is 9.62. The minimum Gasteiger partial charge on any atom is -0.351 e. The molecule has 0 aromatic carbocycles. The van der Waals surface area contributed by atoms with E-state index in [-0.39, 0.29) is 0 Å². The molecule has 20 amide bonds. The van der Waals surface area contributed by atoms with Gasteiger partial charge in [-0.1, -0.05) is 0 Å². The number of primary amides is 10. The van der Waals surface area contributed by atoms with Gasteiger partial charge in [-0.15, -0.1) is 0 Å². The van der Waals surface area contributed by atoms with Crippen molar-refractivity contribution < 1.29 is 47.9 Å². The van der Waals surface area contributed by atoms with Crippen molar-refractivity contribution in [2.24, 2.45) is 57.3 Å². The Bertz CT molecular complexity index is 586. The van der Waals surface area contributed by atoms with E-state index in [0.717, 1.165) is 0 Å². The third kappa shape index (κ3) is 97.5. The van der Waals surface area contributed by atoms with Crippen LogP contribution in [0.4, 0.5) is 47.9 Å². The Balaban J connectivity index is -0.000000107. The van der Waals surface area contributed by atoms with Gasteiger partial charge in [0.25, 0.3) is 0 Å². The van der Waals surface area contributed by atoms with Gasteiger partial charge in [-0.25, -0.2) is 47.9 Å². The van der Waals surface area contributed by atoms with Crippen molar-refractivity contribution in [1.29, 1.82) is 0 Å². The van der Waals surface area contributed by atoms with Gasteiger partial charge in [-0.05, 0) is 0 Å². The Labute approximate surface area is 193 Å². The van der Waals surface area contributed by atoms with Crippen LogP contribution in [0.2, 0.25) is 0 Å². The molecule has 0 fully saturated rings. The number of imide groups is 5. The molecule has 0 aliphatic carbocycles. The number of hydrogen-bond donors (Lipinski definition) is 15. The zero-order valence-corrected chi connectivity index (χ0v) is 17.4. The first-order valence-electron chi connectivity index (χ1n) is 7.43. The molecular formula is C10H25N15O10. The smallest absolute Gasteiger partial charge is 0.320 e. The highest BCUT2D eigenvalue weighted by Gasteiger charge is 1.94. The minimum atomic E-state index is -0.938. The molecule has 0 unspecified atom stereocenters. The van der Waals surface area contributed by atoms with Crippen LogP contribution in [0.5, 0.6) is 0 Å². The van der Waals surface area contributed by atoms with Gasteiger partial charge in [-0.2, -0.15) is 0 Å². The standard InChI is InChI=1S/5C2H5N3O2/c5*3-1(6)5-2(4)7/h5*(H5,3,4,5,6,7). The highest BCUT2D eigenvalue weighted by atomic mass is 16.2. The van der Waals surface area contributed by atoms with E-state index in [4.69, 9.17) is 0 Å². The summed E-state index contributed by atoms with van der Waals surface area (Å²) in [6, 6.07) is -9.38. The molecule has 0 rings (SSSR count). The highest BCUT2D eigenvalue weighted by molar-refractivity contribution is 5.93. The molecule has 0 radical (unpaired) electrons. The van der Waals surface area contributed by atoms with E-state index in [0.29, 0.717) is 0 Å². The van der Waals surface area contributed by atoms with E-state index in [9.17, 15) is 47.9 Å². The van der Waals surface area contributed by atoms with Crippen molar-refractivity contribution in [1.82, 2.24) is 26.6 Å². The fraction of sp³-hybridized carbons (Fsp3) is 0. The third-order valence-electron chi connectivity index (χ3n) is 1.23. The normalized spacial score (nSPS) is 7.43. The van der Waals surface area contributed by atoms with Crippen LogP contribution in [0.1, 0.15) is 0 Å². The molecule has 0 aromatic heterocycles. The van der Waals surface area contributed by atoms with Crippen molar-refractivity contribution in [2.45, 2.75) is 0 Å². The van der Waals surface area contributed by atoms with Crippen molar-refractivity contribution in [3.8, 4) is 0 Å². The number of carbonyl (C=O) groups is 10. The van der Waals surface area contributed by atoms with Crippen LogP contribution in [0.25, 0.3) is 0 Å². The molecular weight excluding hydrogens is 490 g/mol. The predicted octanol–water partition coefficient (Wildman–Crippen LogP) is -6.33. The lowest BCUT2D eigenvalue weighted by Gasteiger charge is -1.88. The predicted molar refractivity (Wildman–Crippen MR) is 112 cm³/mol. The molecule has 0 aliphatic heterocycles. The summed E-state index contributed by atoms with van der Waals surface area (Å²) in [5.74, 6) is 0. The van der Waals surface area contributed by atoms with Crippen LogP contribution in [0.3, 0.4) is 0 Å². The van der Waals surface area contributed by atoms with Gasteiger partial charge < -0.3 is 57.3 Å². The Morgan fingerprint density at radius 3 is 0.286 bits per heavy atom. The number of hydrogen-bond acceptors (Lipinski definition) is 10. The molecule has 200 valence electrons. The van der Waals surface area contributed by atoms with Crippen molar-refractivity contribution in [2.75, 3.05) is 0 Å². The lowest BCUT2D eigenvalue weighted by Crippen LogP contribution is -2.38. The molecule has 0 aromatic rings. The molecule has 0 atom stereocenters. The first-order chi connectivity index (χ1) is 15.6. The monoisotopic (exact) mass is 515 g/mol. The number of nitrogens with two attached hydrogens (primary N) is 10. The SMILES string of the molecule is NC(=O)NC(N)=O.NC(=O)NC(N)=O.NC(=O)NC(N)=O.NC(=O)NC(N)=O.NC(=O)NC(N)=O. The lowest BCUT2D eigenvalue weighted by atomic mass is 10.9.